The monoisotopic (exact) mass is 216 g/mol. The Morgan fingerprint density at radius 2 is 2.12 bits per heavy atom. The Hall–Kier alpha value is -1.42. The van der Waals surface area contributed by atoms with Crippen LogP contribution < -0.4 is 5.73 Å². The van der Waals surface area contributed by atoms with E-state index in [0.717, 1.165) is 29.6 Å². The van der Waals surface area contributed by atoms with E-state index in [1.165, 1.54) is 0 Å². The Balaban J connectivity index is 2.25. The molecule has 0 amide bonds. The maximum absolute atomic E-state index is 6.24. The number of fused-ring (bicyclic) bond motifs is 1. The molecule has 0 radical (unpaired) electrons. The van der Waals surface area contributed by atoms with Crippen LogP contribution in [-0.4, -0.2) is 14.5 Å². The summed E-state index contributed by atoms with van der Waals surface area (Å²) in [6, 6.07) is 2.38. The van der Waals surface area contributed by atoms with Gasteiger partial charge in [-0.3, -0.25) is 0 Å². The first-order valence-electron chi connectivity index (χ1n) is 5.73. The molecule has 0 saturated heterocycles. The highest BCUT2D eigenvalue weighted by atomic mass is 15.1. The average molecular weight is 216 g/mol. The first-order chi connectivity index (χ1) is 7.62. The molecule has 16 heavy (non-hydrogen) atoms. The van der Waals surface area contributed by atoms with Crippen LogP contribution in [0.25, 0.3) is 11.2 Å². The highest BCUT2D eigenvalue weighted by Gasteiger charge is 2.41. The van der Waals surface area contributed by atoms with Gasteiger partial charge in [0.25, 0.3) is 0 Å². The molecule has 0 aliphatic heterocycles. The van der Waals surface area contributed by atoms with E-state index >= 15 is 0 Å². The normalized spacial score (nSPS) is 18.2. The van der Waals surface area contributed by atoms with Crippen molar-refractivity contribution in [1.82, 2.24) is 14.5 Å². The molecule has 2 aromatic rings. The predicted molar refractivity (Wildman–Crippen MR) is 63.0 cm³/mol. The van der Waals surface area contributed by atoms with Gasteiger partial charge in [-0.2, -0.15) is 0 Å². The molecule has 2 heterocycles. The minimum atomic E-state index is -0.142. The minimum absolute atomic E-state index is 0.142. The Morgan fingerprint density at radius 1 is 1.38 bits per heavy atom. The van der Waals surface area contributed by atoms with Crippen LogP contribution in [0.2, 0.25) is 0 Å². The van der Waals surface area contributed by atoms with E-state index in [2.05, 4.69) is 28.4 Å². The number of rotatable bonds is 2. The van der Waals surface area contributed by atoms with Gasteiger partial charge in [0.1, 0.15) is 5.52 Å². The fourth-order valence-corrected chi connectivity index (χ4v) is 2.12. The number of hydrogen-bond donors (Lipinski definition) is 1. The molecule has 3 rings (SSSR count). The molecular weight excluding hydrogens is 200 g/mol. The van der Waals surface area contributed by atoms with Gasteiger partial charge in [-0.25, -0.2) is 9.97 Å². The lowest BCUT2D eigenvalue weighted by molar-refractivity contribution is 0.613. The molecule has 2 N–H and O–H groups in total. The largest absolute Gasteiger partial charge is 0.321 e. The maximum atomic E-state index is 6.24. The lowest BCUT2D eigenvalue weighted by Gasteiger charge is -2.11. The molecule has 0 bridgehead atoms. The topological polar surface area (TPSA) is 56.7 Å². The van der Waals surface area contributed by atoms with Crippen LogP contribution in [0, 0.1) is 0 Å². The van der Waals surface area contributed by atoms with E-state index < -0.39 is 0 Å². The van der Waals surface area contributed by atoms with Crippen LogP contribution in [-0.2, 0) is 5.54 Å². The third kappa shape index (κ3) is 1.26. The summed E-state index contributed by atoms with van der Waals surface area (Å²) in [5.74, 6) is 0. The second-order valence-electron chi connectivity index (χ2n) is 4.93. The van der Waals surface area contributed by atoms with Crippen LogP contribution in [0.15, 0.2) is 18.6 Å². The average Bonchev–Trinajstić information content (AvgIpc) is 2.85. The summed E-state index contributed by atoms with van der Waals surface area (Å²) in [4.78, 5) is 8.88. The Morgan fingerprint density at radius 3 is 2.75 bits per heavy atom. The van der Waals surface area contributed by atoms with Crippen LogP contribution in [0.4, 0.5) is 0 Å². The first kappa shape index (κ1) is 9.78. The van der Waals surface area contributed by atoms with Crippen molar-refractivity contribution in [3.8, 4) is 0 Å². The maximum Gasteiger partial charge on any atom is 0.160 e. The standard InChI is InChI=1S/C12H16N4/c1-8(2)16-7-15-10-9(12(13)4-5-12)3-6-14-11(10)16/h3,6-8H,4-5,13H2,1-2H3. The molecule has 0 spiro atoms. The van der Waals surface area contributed by atoms with Crippen molar-refractivity contribution in [2.75, 3.05) is 0 Å². The lowest BCUT2D eigenvalue weighted by Crippen LogP contribution is -2.19. The number of hydrogen-bond acceptors (Lipinski definition) is 3. The van der Waals surface area contributed by atoms with Gasteiger partial charge in [0.15, 0.2) is 5.65 Å². The zero-order chi connectivity index (χ0) is 11.3. The summed E-state index contributed by atoms with van der Waals surface area (Å²) in [7, 11) is 0. The van der Waals surface area contributed by atoms with Gasteiger partial charge < -0.3 is 10.3 Å². The van der Waals surface area contributed by atoms with E-state index in [4.69, 9.17) is 5.73 Å². The van der Waals surface area contributed by atoms with Gasteiger partial charge in [-0.15, -0.1) is 0 Å². The SMILES string of the molecule is CC(C)n1cnc2c(C3(N)CC3)ccnc21. The van der Waals surface area contributed by atoms with Gasteiger partial charge in [0, 0.05) is 23.3 Å². The van der Waals surface area contributed by atoms with E-state index in [1.807, 2.05) is 18.6 Å². The van der Waals surface area contributed by atoms with Gasteiger partial charge in [0.2, 0.25) is 0 Å². The van der Waals surface area contributed by atoms with Crippen LogP contribution in [0.5, 0.6) is 0 Å². The van der Waals surface area contributed by atoms with Crippen molar-refractivity contribution >= 4 is 11.2 Å². The molecule has 4 heteroatoms. The van der Waals surface area contributed by atoms with Crippen LogP contribution in [0.1, 0.15) is 38.3 Å². The van der Waals surface area contributed by atoms with Gasteiger partial charge in [-0.05, 0) is 32.8 Å². The fraction of sp³-hybridized carbons (Fsp3) is 0.500. The smallest absolute Gasteiger partial charge is 0.160 e. The van der Waals surface area contributed by atoms with Gasteiger partial charge in [-0.1, -0.05) is 0 Å². The number of nitrogens with two attached hydrogens (primary N) is 1. The van der Waals surface area contributed by atoms with Crippen LogP contribution >= 0.6 is 0 Å². The van der Waals surface area contributed by atoms with Crippen molar-refractivity contribution < 1.29 is 0 Å². The Bertz CT molecular complexity index is 537. The molecule has 0 unspecified atom stereocenters. The van der Waals surface area contributed by atoms with E-state index in [1.54, 1.807) is 0 Å². The fourth-order valence-electron chi connectivity index (χ4n) is 2.12. The molecular formula is C12H16N4. The third-order valence-corrected chi connectivity index (χ3v) is 3.34. The zero-order valence-corrected chi connectivity index (χ0v) is 9.64. The Kier molecular flexibility index (Phi) is 1.86. The number of nitrogens with zero attached hydrogens (tertiary/aromatic N) is 3. The third-order valence-electron chi connectivity index (χ3n) is 3.34. The molecule has 4 nitrogen and oxygen atoms in total. The molecule has 84 valence electrons. The number of pyridine rings is 1. The molecule has 0 aromatic carbocycles. The van der Waals surface area contributed by atoms with Crippen molar-refractivity contribution in [1.29, 1.82) is 0 Å². The van der Waals surface area contributed by atoms with E-state index in [9.17, 15) is 0 Å². The lowest BCUT2D eigenvalue weighted by atomic mass is 10.1. The van der Waals surface area contributed by atoms with Gasteiger partial charge >= 0.3 is 0 Å². The van der Waals surface area contributed by atoms with E-state index in [0.29, 0.717) is 6.04 Å². The zero-order valence-electron chi connectivity index (χ0n) is 9.64. The molecule has 0 atom stereocenters. The first-order valence-corrected chi connectivity index (χ1v) is 5.73. The second kappa shape index (κ2) is 3.04. The second-order valence-corrected chi connectivity index (χ2v) is 4.93. The summed E-state index contributed by atoms with van der Waals surface area (Å²) in [5.41, 5.74) is 9.17. The van der Waals surface area contributed by atoms with Crippen molar-refractivity contribution in [3.63, 3.8) is 0 Å². The quantitative estimate of drug-likeness (QED) is 0.834. The van der Waals surface area contributed by atoms with Crippen molar-refractivity contribution in [3.05, 3.63) is 24.2 Å². The van der Waals surface area contributed by atoms with Gasteiger partial charge in [0.05, 0.1) is 6.33 Å². The predicted octanol–water partition coefficient (Wildman–Crippen LogP) is 1.96. The molecule has 1 aliphatic carbocycles. The highest BCUT2D eigenvalue weighted by molar-refractivity contribution is 5.76. The molecule has 2 aromatic heterocycles. The molecule has 1 saturated carbocycles. The molecule has 1 fully saturated rings. The summed E-state index contributed by atoms with van der Waals surface area (Å²) in [6.45, 7) is 4.26. The highest BCUT2D eigenvalue weighted by Crippen LogP contribution is 2.44. The number of imidazole rings is 1. The Labute approximate surface area is 94.5 Å². The summed E-state index contributed by atoms with van der Waals surface area (Å²) in [6.07, 6.45) is 5.81. The molecule has 1 aliphatic rings. The number of aromatic nitrogens is 3. The summed E-state index contributed by atoms with van der Waals surface area (Å²) < 4.78 is 2.09. The summed E-state index contributed by atoms with van der Waals surface area (Å²) in [5, 5.41) is 0. The van der Waals surface area contributed by atoms with Crippen molar-refractivity contribution in [2.24, 2.45) is 5.73 Å². The van der Waals surface area contributed by atoms with E-state index in [-0.39, 0.29) is 5.54 Å². The van der Waals surface area contributed by atoms with Crippen molar-refractivity contribution in [2.45, 2.75) is 38.3 Å². The minimum Gasteiger partial charge on any atom is -0.321 e. The van der Waals surface area contributed by atoms with Crippen LogP contribution in [0.3, 0.4) is 0 Å². The summed E-state index contributed by atoms with van der Waals surface area (Å²) >= 11 is 0.